The molecule has 0 radical (unpaired) electrons. The fraction of sp³-hybridized carbons (Fsp3) is 0.227. The first-order valence-electron chi connectivity index (χ1n) is 9.58. The minimum Gasteiger partial charge on any atom is -0.326 e. The highest BCUT2D eigenvalue weighted by Gasteiger charge is 2.37. The van der Waals surface area contributed by atoms with Gasteiger partial charge in [-0.1, -0.05) is 55.3 Å². The molecule has 1 fully saturated rings. The van der Waals surface area contributed by atoms with Gasteiger partial charge in [-0.25, -0.2) is 9.48 Å². The van der Waals surface area contributed by atoms with Crippen LogP contribution in [0.15, 0.2) is 60.8 Å². The molecule has 4 rings (SSSR count). The van der Waals surface area contributed by atoms with Crippen molar-refractivity contribution in [1.29, 1.82) is 0 Å². The van der Waals surface area contributed by atoms with Crippen LogP contribution in [0.3, 0.4) is 0 Å². The number of imide groups is 1. The van der Waals surface area contributed by atoms with Gasteiger partial charge in [0.2, 0.25) is 0 Å². The molecule has 7 heteroatoms. The molecule has 148 valence electrons. The Kier molecular flexibility index (Phi) is 5.36. The fourth-order valence-corrected chi connectivity index (χ4v) is 3.60. The van der Waals surface area contributed by atoms with Gasteiger partial charge in [0.1, 0.15) is 6.04 Å². The molecule has 1 aliphatic heterocycles. The topological polar surface area (TPSA) is 67.2 Å². The average molecular weight is 409 g/mol. The molecule has 6 nitrogen and oxygen atoms in total. The Labute approximate surface area is 174 Å². The average Bonchev–Trinajstić information content (AvgIpc) is 3.26. The molecule has 1 aromatic heterocycles. The molecule has 1 atom stereocenters. The first-order valence-corrected chi connectivity index (χ1v) is 9.96. The molecule has 3 amide bonds. The number of urea groups is 1. The van der Waals surface area contributed by atoms with E-state index >= 15 is 0 Å². The van der Waals surface area contributed by atoms with Gasteiger partial charge in [0.15, 0.2) is 0 Å². The predicted molar refractivity (Wildman–Crippen MR) is 112 cm³/mol. The summed E-state index contributed by atoms with van der Waals surface area (Å²) in [5.41, 5.74) is 3.27. The van der Waals surface area contributed by atoms with Crippen molar-refractivity contribution in [2.24, 2.45) is 0 Å². The summed E-state index contributed by atoms with van der Waals surface area (Å²) in [6.07, 6.45) is 3.33. The second-order valence-corrected chi connectivity index (χ2v) is 7.44. The van der Waals surface area contributed by atoms with Crippen molar-refractivity contribution in [3.8, 4) is 16.9 Å². The van der Waals surface area contributed by atoms with Gasteiger partial charge in [0.05, 0.1) is 17.9 Å². The monoisotopic (exact) mass is 408 g/mol. The molecule has 2 heterocycles. The summed E-state index contributed by atoms with van der Waals surface area (Å²) in [6, 6.07) is 16.3. The minimum absolute atomic E-state index is 0.162. The van der Waals surface area contributed by atoms with E-state index < -0.39 is 6.04 Å². The molecular weight excluding hydrogens is 388 g/mol. The zero-order valence-electron chi connectivity index (χ0n) is 16.0. The van der Waals surface area contributed by atoms with Gasteiger partial charge in [0, 0.05) is 22.3 Å². The lowest BCUT2D eigenvalue weighted by atomic mass is 10.1. The van der Waals surface area contributed by atoms with Gasteiger partial charge < -0.3 is 5.32 Å². The fourth-order valence-electron chi connectivity index (χ4n) is 3.47. The third-order valence-corrected chi connectivity index (χ3v) is 5.19. The van der Waals surface area contributed by atoms with Gasteiger partial charge in [-0.3, -0.25) is 9.69 Å². The van der Waals surface area contributed by atoms with Crippen LogP contribution in [0.25, 0.3) is 16.9 Å². The van der Waals surface area contributed by atoms with E-state index in [1.807, 2.05) is 55.6 Å². The Morgan fingerprint density at radius 1 is 1.07 bits per heavy atom. The number of rotatable bonds is 6. The second kappa shape index (κ2) is 8.09. The maximum atomic E-state index is 12.7. The van der Waals surface area contributed by atoms with E-state index in [0.717, 1.165) is 23.2 Å². The Bertz CT molecular complexity index is 1030. The summed E-state index contributed by atoms with van der Waals surface area (Å²) in [7, 11) is 0. The number of benzene rings is 2. The molecule has 3 aromatic rings. The molecule has 1 aliphatic rings. The lowest BCUT2D eigenvalue weighted by Gasteiger charge is -2.13. The maximum absolute atomic E-state index is 12.7. The van der Waals surface area contributed by atoms with Crippen LogP contribution in [0, 0.1) is 0 Å². The first-order chi connectivity index (χ1) is 14.1. The predicted octanol–water partition coefficient (Wildman–Crippen LogP) is 4.41. The van der Waals surface area contributed by atoms with Crippen LogP contribution < -0.4 is 5.32 Å². The van der Waals surface area contributed by atoms with E-state index in [9.17, 15) is 9.59 Å². The van der Waals surface area contributed by atoms with Gasteiger partial charge in [-0.2, -0.15) is 5.10 Å². The summed E-state index contributed by atoms with van der Waals surface area (Å²) in [6.45, 7) is 2.15. The summed E-state index contributed by atoms with van der Waals surface area (Å²) in [5.74, 6) is -0.189. The lowest BCUT2D eigenvalue weighted by Crippen LogP contribution is -2.31. The molecule has 1 saturated heterocycles. The Morgan fingerprint density at radius 3 is 2.48 bits per heavy atom. The third-order valence-electron chi connectivity index (χ3n) is 4.94. The van der Waals surface area contributed by atoms with Crippen molar-refractivity contribution in [1.82, 2.24) is 20.0 Å². The lowest BCUT2D eigenvalue weighted by molar-refractivity contribution is -0.128. The number of hydrogen-bond donors (Lipinski definition) is 1. The van der Waals surface area contributed by atoms with Crippen LogP contribution in [-0.4, -0.2) is 32.7 Å². The van der Waals surface area contributed by atoms with Crippen molar-refractivity contribution in [3.63, 3.8) is 0 Å². The number of halogens is 1. The molecular formula is C22H21ClN4O2. The Balaban J connectivity index is 1.71. The standard InChI is InChI=1S/C22H21ClN4O2/c1-2-6-19-21(28)26(22(29)24-19)13-16-14-27(18-7-4-3-5-8-18)25-20(16)15-9-11-17(23)12-10-15/h3-5,7-12,14,19H,2,6,13H2,1H3,(H,24,29)/t19-/m0/s1. The molecule has 2 aromatic carbocycles. The summed E-state index contributed by atoms with van der Waals surface area (Å²) < 4.78 is 1.77. The normalized spacial score (nSPS) is 16.3. The molecule has 0 spiro atoms. The first kappa shape index (κ1) is 19.2. The number of para-hydroxylation sites is 1. The number of carbonyl (C=O) groups excluding carboxylic acids is 2. The van der Waals surface area contributed by atoms with Crippen molar-refractivity contribution < 1.29 is 9.59 Å². The number of nitrogens with one attached hydrogen (secondary N) is 1. The second-order valence-electron chi connectivity index (χ2n) is 7.01. The molecule has 0 saturated carbocycles. The van der Waals surface area contributed by atoms with E-state index in [1.54, 1.807) is 16.8 Å². The highest BCUT2D eigenvalue weighted by atomic mass is 35.5. The van der Waals surface area contributed by atoms with Crippen molar-refractivity contribution >= 4 is 23.5 Å². The Morgan fingerprint density at radius 2 is 1.79 bits per heavy atom. The van der Waals surface area contributed by atoms with E-state index in [1.165, 1.54) is 4.90 Å². The van der Waals surface area contributed by atoms with Gasteiger partial charge >= 0.3 is 6.03 Å². The zero-order valence-corrected chi connectivity index (χ0v) is 16.8. The largest absolute Gasteiger partial charge is 0.326 e. The SMILES string of the molecule is CCC[C@@H]1NC(=O)N(Cc2cn(-c3ccccc3)nc2-c2ccc(Cl)cc2)C1=O. The Hall–Kier alpha value is -3.12. The van der Waals surface area contributed by atoms with Crippen LogP contribution in [-0.2, 0) is 11.3 Å². The smallest absolute Gasteiger partial charge is 0.325 e. The number of aromatic nitrogens is 2. The number of nitrogens with zero attached hydrogens (tertiary/aromatic N) is 3. The van der Waals surface area contributed by atoms with Gasteiger partial charge in [-0.05, 0) is 30.7 Å². The van der Waals surface area contributed by atoms with Crippen molar-refractivity contribution in [3.05, 3.63) is 71.4 Å². The van der Waals surface area contributed by atoms with Gasteiger partial charge in [-0.15, -0.1) is 0 Å². The quantitative estimate of drug-likeness (QED) is 0.614. The van der Waals surface area contributed by atoms with Crippen molar-refractivity contribution in [2.45, 2.75) is 32.4 Å². The van der Waals surface area contributed by atoms with Crippen molar-refractivity contribution in [2.75, 3.05) is 0 Å². The van der Waals surface area contributed by atoms with Crippen LogP contribution in [0.1, 0.15) is 25.3 Å². The molecule has 0 aliphatic carbocycles. The minimum atomic E-state index is -0.448. The molecule has 0 bridgehead atoms. The number of carbonyl (C=O) groups is 2. The van der Waals surface area contributed by atoms with Crippen LogP contribution >= 0.6 is 11.6 Å². The zero-order chi connectivity index (χ0) is 20.4. The van der Waals surface area contributed by atoms with Crippen LogP contribution in [0.2, 0.25) is 5.02 Å². The highest BCUT2D eigenvalue weighted by molar-refractivity contribution is 6.30. The van der Waals surface area contributed by atoms with Crippen LogP contribution in [0.5, 0.6) is 0 Å². The molecule has 0 unspecified atom stereocenters. The van der Waals surface area contributed by atoms with E-state index in [-0.39, 0.29) is 18.5 Å². The molecule has 1 N–H and O–H groups in total. The third kappa shape index (κ3) is 3.89. The van der Waals surface area contributed by atoms with Gasteiger partial charge in [0.25, 0.3) is 5.91 Å². The van der Waals surface area contributed by atoms with E-state index in [2.05, 4.69) is 5.32 Å². The molecule has 29 heavy (non-hydrogen) atoms. The maximum Gasteiger partial charge on any atom is 0.325 e. The summed E-state index contributed by atoms with van der Waals surface area (Å²) >= 11 is 6.03. The highest BCUT2D eigenvalue weighted by Crippen LogP contribution is 2.27. The summed E-state index contributed by atoms with van der Waals surface area (Å²) in [4.78, 5) is 26.3. The van der Waals surface area contributed by atoms with Crippen LogP contribution in [0.4, 0.5) is 4.79 Å². The van der Waals surface area contributed by atoms with E-state index in [0.29, 0.717) is 17.1 Å². The number of hydrogen-bond acceptors (Lipinski definition) is 3. The van der Waals surface area contributed by atoms with E-state index in [4.69, 9.17) is 16.7 Å². The summed E-state index contributed by atoms with van der Waals surface area (Å²) in [5, 5.41) is 8.14. The number of amides is 3.